The van der Waals surface area contributed by atoms with Gasteiger partial charge in [-0.05, 0) is 42.2 Å². The van der Waals surface area contributed by atoms with Gasteiger partial charge in [0.05, 0.1) is 5.57 Å². The van der Waals surface area contributed by atoms with Crippen LogP contribution in [0.2, 0.25) is 5.02 Å². The highest BCUT2D eigenvalue weighted by atomic mass is 35.5. The summed E-state index contributed by atoms with van der Waals surface area (Å²) in [6, 6.07) is 15.1. The van der Waals surface area contributed by atoms with Crippen molar-refractivity contribution in [1.29, 1.82) is 0 Å². The number of anilines is 1. The maximum atomic E-state index is 13.3. The minimum absolute atomic E-state index is 0.247. The minimum Gasteiger partial charge on any atom is -0.385 e. The van der Waals surface area contributed by atoms with Crippen molar-refractivity contribution in [2.45, 2.75) is 12.8 Å². The number of halogens is 1. The van der Waals surface area contributed by atoms with Gasteiger partial charge < -0.3 is 9.64 Å². The number of nitrogens with zero attached hydrogens (tertiary/aromatic N) is 2. The Kier molecular flexibility index (Phi) is 5.20. The zero-order chi connectivity index (χ0) is 19.7. The molecule has 0 spiro atoms. The average molecular weight is 397 g/mol. The van der Waals surface area contributed by atoms with Gasteiger partial charge in [0.2, 0.25) is 0 Å². The molecule has 0 N–H and O–H groups in total. The van der Waals surface area contributed by atoms with Crippen LogP contribution in [-0.4, -0.2) is 43.5 Å². The molecular weight excluding hydrogens is 376 g/mol. The maximum Gasteiger partial charge on any atom is 0.278 e. The third-order valence-corrected chi connectivity index (χ3v) is 5.42. The second kappa shape index (κ2) is 7.78. The third-order valence-electron chi connectivity index (χ3n) is 5.16. The second-order valence-corrected chi connectivity index (χ2v) is 7.31. The van der Waals surface area contributed by atoms with Gasteiger partial charge in [-0.3, -0.25) is 14.5 Å². The molecule has 6 heteroatoms. The van der Waals surface area contributed by atoms with E-state index >= 15 is 0 Å². The lowest BCUT2D eigenvalue weighted by molar-refractivity contribution is -0.137. The number of methoxy groups -OCH3 is 1. The molecular formula is C22H21ClN2O3. The van der Waals surface area contributed by atoms with E-state index < -0.39 is 0 Å². The number of ether oxygens (including phenoxy) is 1. The lowest BCUT2D eigenvalue weighted by Gasteiger charge is -2.21. The Balaban J connectivity index is 1.79. The molecule has 2 aromatic rings. The number of para-hydroxylation sites is 1. The lowest BCUT2D eigenvalue weighted by atomic mass is 10.0. The molecule has 5 nitrogen and oxygen atoms in total. The van der Waals surface area contributed by atoms with E-state index in [-0.39, 0.29) is 11.8 Å². The normalized spacial score (nSPS) is 16.4. The van der Waals surface area contributed by atoms with Crippen molar-refractivity contribution in [3.63, 3.8) is 0 Å². The van der Waals surface area contributed by atoms with Crippen LogP contribution in [0.1, 0.15) is 17.5 Å². The number of benzene rings is 2. The summed E-state index contributed by atoms with van der Waals surface area (Å²) in [5.41, 5.74) is 3.77. The number of rotatable bonds is 6. The summed E-state index contributed by atoms with van der Waals surface area (Å²) in [5.74, 6) is -0.509. The molecule has 0 aromatic heterocycles. The molecule has 144 valence electrons. The summed E-state index contributed by atoms with van der Waals surface area (Å²) in [4.78, 5) is 29.8. The van der Waals surface area contributed by atoms with Crippen LogP contribution in [0.3, 0.4) is 0 Å². The lowest BCUT2D eigenvalue weighted by Crippen LogP contribution is -2.36. The van der Waals surface area contributed by atoms with Gasteiger partial charge in [-0.2, -0.15) is 0 Å². The van der Waals surface area contributed by atoms with Crippen molar-refractivity contribution in [2.75, 3.05) is 31.7 Å². The van der Waals surface area contributed by atoms with Gasteiger partial charge in [0, 0.05) is 37.5 Å². The molecule has 4 rings (SSSR count). The van der Waals surface area contributed by atoms with Gasteiger partial charge in [-0.25, -0.2) is 0 Å². The summed E-state index contributed by atoms with van der Waals surface area (Å²) in [6.45, 7) is 1.51. The predicted molar refractivity (Wildman–Crippen MR) is 109 cm³/mol. The van der Waals surface area contributed by atoms with E-state index in [1.54, 1.807) is 31.4 Å². The van der Waals surface area contributed by atoms with Crippen LogP contribution in [0.4, 0.5) is 5.69 Å². The third kappa shape index (κ3) is 3.21. The highest BCUT2D eigenvalue weighted by molar-refractivity contribution is 6.37. The van der Waals surface area contributed by atoms with Gasteiger partial charge in [-0.15, -0.1) is 0 Å². The van der Waals surface area contributed by atoms with E-state index in [0.717, 1.165) is 12.1 Å². The molecule has 2 aliphatic rings. The second-order valence-electron chi connectivity index (χ2n) is 6.87. The Morgan fingerprint density at radius 3 is 2.54 bits per heavy atom. The minimum atomic E-state index is -0.261. The van der Waals surface area contributed by atoms with E-state index in [4.69, 9.17) is 16.3 Å². The van der Waals surface area contributed by atoms with Crippen molar-refractivity contribution in [2.24, 2.45) is 0 Å². The van der Waals surface area contributed by atoms with Crippen LogP contribution < -0.4 is 4.90 Å². The molecule has 28 heavy (non-hydrogen) atoms. The Labute approximate surface area is 169 Å². The molecule has 0 unspecified atom stereocenters. The highest BCUT2D eigenvalue weighted by Gasteiger charge is 2.42. The highest BCUT2D eigenvalue weighted by Crippen LogP contribution is 2.38. The number of carbonyl (C=O) groups excluding carboxylic acids is 2. The number of fused-ring (bicyclic) bond motifs is 1. The quantitative estimate of drug-likeness (QED) is 0.553. The van der Waals surface area contributed by atoms with Crippen molar-refractivity contribution in [1.82, 2.24) is 4.90 Å². The summed E-state index contributed by atoms with van der Waals surface area (Å²) in [6.07, 6.45) is 1.45. The Morgan fingerprint density at radius 2 is 1.79 bits per heavy atom. The van der Waals surface area contributed by atoms with Crippen molar-refractivity contribution < 1.29 is 14.3 Å². The molecule has 2 amide bonds. The fourth-order valence-electron chi connectivity index (χ4n) is 3.83. The number of carbonyl (C=O) groups is 2. The number of hydrogen-bond donors (Lipinski definition) is 0. The van der Waals surface area contributed by atoms with Gasteiger partial charge >= 0.3 is 0 Å². The largest absolute Gasteiger partial charge is 0.385 e. The number of hydrogen-bond acceptors (Lipinski definition) is 4. The van der Waals surface area contributed by atoms with Crippen LogP contribution in [0.25, 0.3) is 5.57 Å². The van der Waals surface area contributed by atoms with Crippen LogP contribution >= 0.6 is 11.6 Å². The first-order chi connectivity index (χ1) is 13.6. The molecule has 0 saturated carbocycles. The SMILES string of the molecule is COCCCN1C(=O)C(c2ccc(Cl)cc2)=C(N2CCc3ccccc32)C1=O. The molecule has 2 heterocycles. The zero-order valence-electron chi connectivity index (χ0n) is 15.7. The van der Waals surface area contributed by atoms with E-state index in [1.807, 2.05) is 23.1 Å². The summed E-state index contributed by atoms with van der Waals surface area (Å²) < 4.78 is 5.08. The molecule has 0 atom stereocenters. The Bertz CT molecular complexity index is 953. The molecule has 0 aliphatic carbocycles. The smallest absolute Gasteiger partial charge is 0.278 e. The molecule has 0 saturated heterocycles. The standard InChI is InChI=1S/C22H21ClN2O3/c1-28-14-4-12-25-21(26)19(16-7-9-17(23)10-8-16)20(22(25)27)24-13-11-15-5-2-3-6-18(15)24/h2-3,5-10H,4,11-14H2,1H3. The van der Waals surface area contributed by atoms with Gasteiger partial charge in [0.25, 0.3) is 11.8 Å². The molecule has 2 aliphatic heterocycles. The number of amides is 2. The molecule has 2 aromatic carbocycles. The predicted octanol–water partition coefficient (Wildman–Crippen LogP) is 3.52. The first kappa shape index (κ1) is 18.7. The first-order valence-electron chi connectivity index (χ1n) is 9.32. The average Bonchev–Trinajstić information content (AvgIpc) is 3.22. The Hall–Kier alpha value is -2.63. The van der Waals surface area contributed by atoms with Crippen molar-refractivity contribution in [3.8, 4) is 0 Å². The topological polar surface area (TPSA) is 49.9 Å². The van der Waals surface area contributed by atoms with Crippen LogP contribution in [0.15, 0.2) is 54.2 Å². The van der Waals surface area contributed by atoms with Crippen LogP contribution in [-0.2, 0) is 20.7 Å². The maximum absolute atomic E-state index is 13.3. The van der Waals surface area contributed by atoms with E-state index in [0.29, 0.717) is 48.0 Å². The monoisotopic (exact) mass is 396 g/mol. The van der Waals surface area contributed by atoms with Crippen molar-refractivity contribution >= 4 is 34.7 Å². The molecule has 0 radical (unpaired) electrons. The fraction of sp³-hybridized carbons (Fsp3) is 0.273. The van der Waals surface area contributed by atoms with E-state index in [2.05, 4.69) is 6.07 Å². The van der Waals surface area contributed by atoms with Gasteiger partial charge in [0.1, 0.15) is 5.70 Å². The summed E-state index contributed by atoms with van der Waals surface area (Å²) >= 11 is 6.02. The Morgan fingerprint density at radius 1 is 1.04 bits per heavy atom. The van der Waals surface area contributed by atoms with E-state index in [1.165, 1.54) is 10.5 Å². The van der Waals surface area contributed by atoms with Crippen LogP contribution in [0.5, 0.6) is 0 Å². The van der Waals surface area contributed by atoms with Gasteiger partial charge in [-0.1, -0.05) is 41.9 Å². The van der Waals surface area contributed by atoms with Crippen molar-refractivity contribution in [3.05, 3.63) is 70.4 Å². The fourth-order valence-corrected chi connectivity index (χ4v) is 3.96. The first-order valence-corrected chi connectivity index (χ1v) is 9.70. The molecule has 0 bridgehead atoms. The summed E-state index contributed by atoms with van der Waals surface area (Å²) in [5, 5.41) is 0.589. The summed E-state index contributed by atoms with van der Waals surface area (Å²) in [7, 11) is 1.61. The van der Waals surface area contributed by atoms with E-state index in [9.17, 15) is 9.59 Å². The van der Waals surface area contributed by atoms with Gasteiger partial charge in [0.15, 0.2) is 0 Å². The zero-order valence-corrected chi connectivity index (χ0v) is 16.4. The van der Waals surface area contributed by atoms with Crippen LogP contribution in [0, 0.1) is 0 Å². The molecule has 0 fully saturated rings. The number of imide groups is 1.